The van der Waals surface area contributed by atoms with Crippen LogP contribution in [-0.2, 0) is 56.8 Å². The van der Waals surface area contributed by atoms with Crippen molar-refractivity contribution < 1.29 is 149 Å². The van der Waals surface area contributed by atoms with Gasteiger partial charge in [-0.3, -0.25) is 0 Å². The minimum Gasteiger partial charge on any atom is -0.396 e. The van der Waals surface area contributed by atoms with Gasteiger partial charge in [-0.1, -0.05) is 114 Å². The van der Waals surface area contributed by atoms with Gasteiger partial charge in [0.05, 0.1) is 87.5 Å². The molecule has 7 heterocycles. The Balaban J connectivity index is 0.000000181. The largest absolute Gasteiger partial charge is 0.396 e. The van der Waals surface area contributed by atoms with Gasteiger partial charge in [-0.15, -0.1) is 0 Å². The van der Waals surface area contributed by atoms with E-state index in [9.17, 15) is 91.9 Å². The first-order valence-electron chi connectivity index (χ1n) is 45.2. The Hall–Kier alpha value is -1.72. The van der Waals surface area contributed by atoms with E-state index >= 15 is 0 Å². The molecule has 8 saturated carbocycles. The average molecular weight is 1710 g/mol. The molecule has 17 aliphatic rings. The second-order valence-corrected chi connectivity index (χ2v) is 44.9. The van der Waals surface area contributed by atoms with Gasteiger partial charge in [0.25, 0.3) is 0 Å². The molecule has 2 spiro atoms. The fourth-order valence-corrected chi connectivity index (χ4v) is 30.0. The molecule has 15 fully saturated rings. The average Bonchev–Trinajstić information content (AvgIpc) is 1.36. The van der Waals surface area contributed by atoms with Crippen LogP contribution >= 0.6 is 0 Å². The molecule has 0 amide bonds. The van der Waals surface area contributed by atoms with Gasteiger partial charge in [0.1, 0.15) is 110 Å². The van der Waals surface area contributed by atoms with Gasteiger partial charge in [-0.2, -0.15) is 0 Å². The zero-order valence-corrected chi connectivity index (χ0v) is 73.0. The Morgan fingerprint density at radius 1 is 0.358 bits per heavy atom. The van der Waals surface area contributed by atoms with Crippen LogP contribution in [0, 0.1) is 100 Å². The number of hydrogen-bond acceptors (Lipinski definition) is 30. The highest BCUT2D eigenvalue weighted by molar-refractivity contribution is 5.38. The lowest BCUT2D eigenvalue weighted by molar-refractivity contribution is -0.374. The maximum atomic E-state index is 12.2. The quantitative estimate of drug-likeness (QED) is 0.0877. The van der Waals surface area contributed by atoms with Crippen molar-refractivity contribution in [1.29, 1.82) is 0 Å². The summed E-state index contributed by atoms with van der Waals surface area (Å²) in [6.07, 6.45) is -15.3. The topological polar surface area (TPSA) is 475 Å². The second-order valence-electron chi connectivity index (χ2n) is 44.9. The molecule has 4 bridgehead atoms. The zero-order valence-electron chi connectivity index (χ0n) is 73.0. The zero-order chi connectivity index (χ0) is 87.1. The van der Waals surface area contributed by atoms with Crippen LogP contribution in [0.5, 0.6) is 0 Å². The van der Waals surface area contributed by atoms with Crippen LogP contribution in [0.4, 0.5) is 0 Å². The van der Waals surface area contributed by atoms with Gasteiger partial charge >= 0.3 is 0 Å². The lowest BCUT2D eigenvalue weighted by Gasteiger charge is -2.73. The van der Waals surface area contributed by atoms with Gasteiger partial charge in [0.2, 0.25) is 0 Å². The van der Waals surface area contributed by atoms with Gasteiger partial charge in [-0.05, 0) is 178 Å². The van der Waals surface area contributed by atoms with Crippen molar-refractivity contribution in [3.8, 4) is 0 Å². The predicted octanol–water partition coefficient (Wildman–Crippen LogP) is 2.41. The van der Waals surface area contributed by atoms with Crippen molar-refractivity contribution in [2.75, 3.05) is 39.6 Å². The molecule has 7 unspecified atom stereocenters. The maximum absolute atomic E-state index is 12.2. The molecule has 17 rings (SSSR count). The third-order valence-corrected chi connectivity index (χ3v) is 37.8. The lowest BCUT2D eigenvalue weighted by Crippen LogP contribution is -2.72. The Morgan fingerprint density at radius 2 is 0.767 bits per heavy atom. The van der Waals surface area contributed by atoms with E-state index in [1.54, 1.807) is 6.92 Å². The van der Waals surface area contributed by atoms with Crippen molar-refractivity contribution in [1.82, 2.24) is 0 Å². The molecule has 30 nitrogen and oxygen atoms in total. The molecule has 686 valence electrons. The fourth-order valence-electron chi connectivity index (χ4n) is 30.0. The minimum atomic E-state index is -1.75. The molecule has 18 N–H and O–H groups in total. The van der Waals surface area contributed by atoms with E-state index in [1.807, 2.05) is 0 Å². The van der Waals surface area contributed by atoms with E-state index in [2.05, 4.69) is 114 Å². The Morgan fingerprint density at radius 3 is 1.27 bits per heavy atom. The van der Waals surface area contributed by atoms with Crippen LogP contribution in [0.2, 0.25) is 0 Å². The third kappa shape index (κ3) is 13.2. The van der Waals surface area contributed by atoms with E-state index < -0.39 is 220 Å². The molecular weight excluding hydrogens is 1560 g/mol. The Labute approximate surface area is 705 Å². The van der Waals surface area contributed by atoms with Gasteiger partial charge < -0.3 is 149 Å². The van der Waals surface area contributed by atoms with Crippen molar-refractivity contribution in [2.45, 2.75) is 396 Å². The van der Waals surface area contributed by atoms with Crippen LogP contribution in [0.25, 0.3) is 0 Å². The van der Waals surface area contributed by atoms with Gasteiger partial charge in [0.15, 0.2) is 31.5 Å². The number of allylic oxidation sites excluding steroid dienone is 2. The summed E-state index contributed by atoms with van der Waals surface area (Å²) in [6, 6.07) is 0. The monoisotopic (exact) mass is 1710 g/mol. The molecule has 0 radical (unpaired) electrons. The Kier molecular flexibility index (Phi) is 23.8. The highest BCUT2D eigenvalue weighted by atomic mass is 16.8. The molecule has 7 aliphatic heterocycles. The first-order chi connectivity index (χ1) is 56.0. The normalized spacial score (nSPS) is 58.8. The number of aliphatic hydroxyl groups excluding tert-OH is 18. The van der Waals surface area contributed by atoms with Crippen LogP contribution in [-0.4, -0.2) is 321 Å². The van der Waals surface area contributed by atoms with Crippen molar-refractivity contribution in [2.24, 2.45) is 100 Å². The minimum absolute atomic E-state index is 0.0414. The molecule has 0 aromatic carbocycles. The van der Waals surface area contributed by atoms with Crippen molar-refractivity contribution >= 4 is 0 Å². The van der Waals surface area contributed by atoms with Gasteiger partial charge in [-0.25, -0.2) is 0 Å². The molecule has 30 heteroatoms. The summed E-state index contributed by atoms with van der Waals surface area (Å²) in [7, 11) is 0. The van der Waals surface area contributed by atoms with E-state index in [0.717, 1.165) is 77.0 Å². The van der Waals surface area contributed by atoms with Crippen LogP contribution in [0.3, 0.4) is 0 Å². The summed E-state index contributed by atoms with van der Waals surface area (Å²) in [6.45, 7) is 32.6. The molecule has 7 saturated heterocycles. The highest BCUT2D eigenvalue weighted by Crippen LogP contribution is 2.82. The molecule has 120 heavy (non-hydrogen) atoms. The van der Waals surface area contributed by atoms with Crippen LogP contribution < -0.4 is 0 Å². The Bertz CT molecular complexity index is 3740. The van der Waals surface area contributed by atoms with Crippen LogP contribution in [0.15, 0.2) is 24.3 Å². The van der Waals surface area contributed by atoms with E-state index in [0.29, 0.717) is 38.9 Å². The summed E-state index contributed by atoms with van der Waals surface area (Å²) in [4.78, 5) is 0. The van der Waals surface area contributed by atoms with E-state index in [4.69, 9.17) is 56.8 Å². The summed E-state index contributed by atoms with van der Waals surface area (Å²) < 4.78 is 74.7. The molecule has 0 aromatic rings. The third-order valence-electron chi connectivity index (χ3n) is 37.8. The van der Waals surface area contributed by atoms with Gasteiger partial charge in [0, 0.05) is 38.9 Å². The van der Waals surface area contributed by atoms with Crippen LogP contribution in [0.1, 0.15) is 207 Å². The second kappa shape index (κ2) is 31.2. The number of ether oxygens (including phenoxy) is 12. The number of fused-ring (bicyclic) bond motifs is 8. The molecule has 10 aliphatic carbocycles. The number of rotatable bonds is 14. The SMILES string of the molecule is C[C@@H]1O[C@@H](O[C@H]2[C@H](O)[C@@H](O)[C@H](O[C@H]3CC[C@]4(C)[C@H]5C=C[C@]67OC[C@@]8(CCC(C)(C)C[C@H]86)[C@@H](O)C[C@@]7(C)[C@]5(C)CC[C@H]4C3(C)C)O[C@@H]2CO[C@@H]2O[C@H](CO)[C@@H](O)[C@H](O)[C@H]2O)[C@H](O)[C@H](O)[C@H]1O.C[C@H]1O[C@@H](O[C@H]2CC[C@@]3(C)[C@@H](CC[C@]4(C)[C@@H]3C=CC35OC[C@@]6(CCC(C)(C)CC36)C(O)C[C@]54C)[C@]2(C)CO)[C@H](O)[C@@H](OC2O[C@H](CO)C(O)C(O)[C@H]2O)C1O. The first-order valence-corrected chi connectivity index (χ1v) is 45.2. The maximum Gasteiger partial charge on any atom is 0.187 e. The molecule has 46 atom stereocenters. The number of aliphatic hydroxyl groups is 18. The number of hydrogen-bond donors (Lipinski definition) is 18. The van der Waals surface area contributed by atoms with E-state index in [1.165, 1.54) is 6.92 Å². The summed E-state index contributed by atoms with van der Waals surface area (Å²) in [5, 5.41) is 196. The van der Waals surface area contributed by atoms with E-state index in [-0.39, 0.29) is 96.3 Å². The summed E-state index contributed by atoms with van der Waals surface area (Å²) >= 11 is 0. The highest BCUT2D eigenvalue weighted by Gasteiger charge is 2.82. The molecule has 0 aromatic heterocycles. The standard InChI is InChI=1S/C48H78O17.C42H68O13/c1-22-30(51)32(53)36(57)40(61-22)65-38-24(20-59-39-35(56)33(54)31(52)23(19-49)62-39)63-41(37(58)34(38)55)64-29-11-12-44(6)25(43(29,4)5)9-13-45(7)26(44)10-14-48-27-17-42(2,3)15-16-47(27,21-60-48)28(50)18-46(45,48)8;1-21-28(46)33(55-34-31(49)30(48)29(47)22(18-43)53-34)32(50)35(52-21)54-27-10-11-37(4)23(38(27,5)19-44)8-12-39(6)24(37)9-13-42-25-16-36(2,3)14-15-41(25,20-51-42)26(45)17-40(39,42)7/h10,14,22-41,49-58H,9,11-13,15-21H2,1-8H3;9,13,21-35,43-50H,8,10-12,14-20H2,1-7H3/t22-,23+,24+,25-,26+,27+,28-,29-,30-,31+,32+,33-,34+,35+,36+,37+,38+,39+,40-,41-,44-,45+,46-,47+,48-;21-,22-,23-,24-,25?,26?,27+,28?,29?,30?,31-,32-,33+,34?,35+,37+,38+,39-,40+,41-,42?/m01/s1. The first kappa shape index (κ1) is 91.6. The summed E-state index contributed by atoms with van der Waals surface area (Å²) in [5.41, 5.74) is -3.51. The smallest absolute Gasteiger partial charge is 0.187 e. The van der Waals surface area contributed by atoms with Crippen molar-refractivity contribution in [3.05, 3.63) is 24.3 Å². The lowest BCUT2D eigenvalue weighted by atomic mass is 9.32. The molecular formula is C90H146O30. The summed E-state index contributed by atoms with van der Waals surface area (Å²) in [5.74, 6) is 1.04. The fraction of sp³-hybridized carbons (Fsp3) is 0.956. The van der Waals surface area contributed by atoms with Crippen molar-refractivity contribution in [3.63, 3.8) is 0 Å². The predicted molar refractivity (Wildman–Crippen MR) is 425 cm³/mol.